The molecule has 0 aliphatic heterocycles. The standard InChI is InChI=1S/C14H25N5O/c1-5-7-15-8-12-9-16-14(17-10-12)19(6-2)11-13(20)18(3)4/h9-10,15H,5-8,11H2,1-4H3. The minimum Gasteiger partial charge on any atom is -0.347 e. The van der Waals surface area contributed by atoms with Crippen LogP contribution in [0.2, 0.25) is 0 Å². The van der Waals surface area contributed by atoms with Crippen LogP contribution in [0.15, 0.2) is 12.4 Å². The fourth-order valence-electron chi connectivity index (χ4n) is 1.64. The number of likely N-dealkylation sites (N-methyl/N-ethyl adjacent to an activating group) is 2. The summed E-state index contributed by atoms with van der Waals surface area (Å²) >= 11 is 0. The third-order valence-electron chi connectivity index (χ3n) is 2.94. The van der Waals surface area contributed by atoms with Gasteiger partial charge in [-0.25, -0.2) is 9.97 Å². The highest BCUT2D eigenvalue weighted by molar-refractivity contribution is 5.80. The molecular formula is C14H25N5O. The topological polar surface area (TPSA) is 61.4 Å². The zero-order chi connectivity index (χ0) is 15.0. The summed E-state index contributed by atoms with van der Waals surface area (Å²) in [6.07, 6.45) is 4.73. The molecule has 0 fully saturated rings. The second-order valence-electron chi connectivity index (χ2n) is 4.87. The molecule has 1 aromatic rings. The summed E-state index contributed by atoms with van der Waals surface area (Å²) in [6.45, 7) is 6.89. The van der Waals surface area contributed by atoms with Gasteiger partial charge >= 0.3 is 0 Å². The largest absolute Gasteiger partial charge is 0.347 e. The zero-order valence-corrected chi connectivity index (χ0v) is 12.9. The molecule has 1 N–H and O–H groups in total. The minimum absolute atomic E-state index is 0.0455. The number of nitrogens with zero attached hydrogens (tertiary/aromatic N) is 4. The van der Waals surface area contributed by atoms with Crippen LogP contribution in [0.3, 0.4) is 0 Å². The molecule has 0 saturated heterocycles. The molecule has 0 aliphatic rings. The zero-order valence-electron chi connectivity index (χ0n) is 12.9. The van der Waals surface area contributed by atoms with Gasteiger partial charge in [-0.3, -0.25) is 4.79 Å². The van der Waals surface area contributed by atoms with Gasteiger partial charge in [0.2, 0.25) is 11.9 Å². The number of carbonyl (C=O) groups is 1. The van der Waals surface area contributed by atoms with Crippen molar-refractivity contribution >= 4 is 11.9 Å². The molecule has 1 amide bonds. The fraction of sp³-hybridized carbons (Fsp3) is 0.643. The average molecular weight is 279 g/mol. The van der Waals surface area contributed by atoms with E-state index >= 15 is 0 Å². The molecule has 1 aromatic heterocycles. The van der Waals surface area contributed by atoms with Gasteiger partial charge in [0, 0.05) is 45.1 Å². The Hall–Kier alpha value is -1.69. The van der Waals surface area contributed by atoms with Crippen LogP contribution in [0.25, 0.3) is 0 Å². The maximum atomic E-state index is 11.7. The van der Waals surface area contributed by atoms with Crippen molar-refractivity contribution in [2.24, 2.45) is 0 Å². The van der Waals surface area contributed by atoms with E-state index in [1.807, 2.05) is 24.2 Å². The second kappa shape index (κ2) is 8.47. The van der Waals surface area contributed by atoms with Crippen LogP contribution in [-0.2, 0) is 11.3 Å². The first-order valence-electron chi connectivity index (χ1n) is 7.05. The summed E-state index contributed by atoms with van der Waals surface area (Å²) < 4.78 is 0. The Balaban J connectivity index is 2.62. The van der Waals surface area contributed by atoms with Crippen LogP contribution in [0, 0.1) is 0 Å². The van der Waals surface area contributed by atoms with Crippen molar-refractivity contribution in [1.82, 2.24) is 20.2 Å². The molecule has 112 valence electrons. The van der Waals surface area contributed by atoms with E-state index in [0.29, 0.717) is 19.0 Å². The molecule has 0 aromatic carbocycles. The van der Waals surface area contributed by atoms with Crippen molar-refractivity contribution in [3.63, 3.8) is 0 Å². The van der Waals surface area contributed by atoms with Gasteiger partial charge in [0.15, 0.2) is 0 Å². The highest BCUT2D eigenvalue weighted by Crippen LogP contribution is 2.07. The van der Waals surface area contributed by atoms with E-state index < -0.39 is 0 Å². The molecule has 0 saturated carbocycles. The molecule has 0 aliphatic carbocycles. The number of carbonyl (C=O) groups excluding carboxylic acids is 1. The molecule has 0 unspecified atom stereocenters. The third-order valence-corrected chi connectivity index (χ3v) is 2.94. The average Bonchev–Trinajstić information content (AvgIpc) is 2.45. The molecule has 1 rings (SSSR count). The van der Waals surface area contributed by atoms with Crippen molar-refractivity contribution in [1.29, 1.82) is 0 Å². The SMILES string of the molecule is CCCNCc1cnc(N(CC)CC(=O)N(C)C)nc1. The lowest BCUT2D eigenvalue weighted by atomic mass is 10.3. The van der Waals surface area contributed by atoms with Crippen LogP contribution in [0.5, 0.6) is 0 Å². The van der Waals surface area contributed by atoms with Crippen LogP contribution in [-0.4, -0.2) is 54.5 Å². The van der Waals surface area contributed by atoms with E-state index in [-0.39, 0.29) is 5.91 Å². The molecule has 0 atom stereocenters. The van der Waals surface area contributed by atoms with Gasteiger partial charge in [-0.05, 0) is 19.9 Å². The van der Waals surface area contributed by atoms with E-state index in [9.17, 15) is 4.79 Å². The van der Waals surface area contributed by atoms with E-state index in [0.717, 1.165) is 25.1 Å². The van der Waals surface area contributed by atoms with Crippen molar-refractivity contribution in [3.05, 3.63) is 18.0 Å². The van der Waals surface area contributed by atoms with E-state index in [4.69, 9.17) is 0 Å². The third kappa shape index (κ3) is 5.13. The van der Waals surface area contributed by atoms with E-state index in [2.05, 4.69) is 22.2 Å². The summed E-state index contributed by atoms with van der Waals surface area (Å²) in [5.74, 6) is 0.645. The van der Waals surface area contributed by atoms with Gasteiger partial charge in [-0.15, -0.1) is 0 Å². The highest BCUT2D eigenvalue weighted by atomic mass is 16.2. The van der Waals surface area contributed by atoms with Crippen LogP contribution < -0.4 is 10.2 Å². The summed E-state index contributed by atoms with van der Waals surface area (Å²) in [4.78, 5) is 23.9. The van der Waals surface area contributed by atoms with Crippen molar-refractivity contribution in [3.8, 4) is 0 Å². The second-order valence-corrected chi connectivity index (χ2v) is 4.87. The quantitative estimate of drug-likeness (QED) is 0.716. The molecule has 6 heteroatoms. The smallest absolute Gasteiger partial charge is 0.241 e. The Labute approximate surface area is 121 Å². The van der Waals surface area contributed by atoms with Gasteiger partial charge < -0.3 is 15.1 Å². The Bertz CT molecular complexity index is 405. The minimum atomic E-state index is 0.0455. The van der Waals surface area contributed by atoms with Crippen molar-refractivity contribution < 1.29 is 4.79 Å². The lowest BCUT2D eigenvalue weighted by molar-refractivity contribution is -0.127. The van der Waals surface area contributed by atoms with Gasteiger partial charge in [0.25, 0.3) is 0 Å². The molecule has 0 bridgehead atoms. The summed E-state index contributed by atoms with van der Waals surface area (Å²) in [7, 11) is 3.50. The van der Waals surface area contributed by atoms with E-state index in [1.165, 1.54) is 0 Å². The Kier molecular flexibility index (Phi) is 6.93. The first-order valence-corrected chi connectivity index (χ1v) is 7.05. The summed E-state index contributed by atoms with van der Waals surface area (Å²) in [6, 6.07) is 0. The van der Waals surface area contributed by atoms with Gasteiger partial charge in [-0.2, -0.15) is 0 Å². The lowest BCUT2D eigenvalue weighted by Crippen LogP contribution is -2.37. The predicted octanol–water partition coefficient (Wildman–Crippen LogP) is 0.891. The van der Waals surface area contributed by atoms with Gasteiger partial charge in [-0.1, -0.05) is 6.92 Å². The molecule has 6 nitrogen and oxygen atoms in total. The maximum Gasteiger partial charge on any atom is 0.241 e. The maximum absolute atomic E-state index is 11.7. The first-order chi connectivity index (χ1) is 9.58. The van der Waals surface area contributed by atoms with Crippen LogP contribution in [0.4, 0.5) is 5.95 Å². The number of hydrogen-bond donors (Lipinski definition) is 1. The monoisotopic (exact) mass is 279 g/mol. The van der Waals surface area contributed by atoms with Crippen LogP contribution in [0.1, 0.15) is 25.8 Å². The molecule has 1 heterocycles. The first kappa shape index (κ1) is 16.4. The Morgan fingerprint density at radius 2 is 1.90 bits per heavy atom. The predicted molar refractivity (Wildman–Crippen MR) is 80.6 cm³/mol. The number of aromatic nitrogens is 2. The molecule has 0 spiro atoms. The van der Waals surface area contributed by atoms with Crippen molar-refractivity contribution in [2.75, 3.05) is 38.6 Å². The van der Waals surface area contributed by atoms with Gasteiger partial charge in [0.05, 0.1) is 6.54 Å². The number of anilines is 1. The molecule has 20 heavy (non-hydrogen) atoms. The Morgan fingerprint density at radius 3 is 2.40 bits per heavy atom. The lowest BCUT2D eigenvalue weighted by Gasteiger charge is -2.22. The summed E-state index contributed by atoms with van der Waals surface area (Å²) in [5.41, 5.74) is 1.05. The number of rotatable bonds is 8. The number of amides is 1. The number of hydrogen-bond acceptors (Lipinski definition) is 5. The fourth-order valence-corrected chi connectivity index (χ4v) is 1.64. The molecule has 0 radical (unpaired) electrons. The van der Waals surface area contributed by atoms with Crippen LogP contribution >= 0.6 is 0 Å². The molecular weight excluding hydrogens is 254 g/mol. The Morgan fingerprint density at radius 1 is 1.25 bits per heavy atom. The number of nitrogens with one attached hydrogen (secondary N) is 1. The normalized spacial score (nSPS) is 10.4. The van der Waals surface area contributed by atoms with Gasteiger partial charge in [0.1, 0.15) is 0 Å². The highest BCUT2D eigenvalue weighted by Gasteiger charge is 2.13. The van der Waals surface area contributed by atoms with E-state index in [1.54, 1.807) is 19.0 Å². The van der Waals surface area contributed by atoms with Crippen molar-refractivity contribution in [2.45, 2.75) is 26.8 Å². The summed E-state index contributed by atoms with van der Waals surface area (Å²) in [5, 5.41) is 3.31.